The third kappa shape index (κ3) is 4.40. The summed E-state index contributed by atoms with van der Waals surface area (Å²) in [5.41, 5.74) is 4.87. The normalized spacial score (nSPS) is 10.8. The summed E-state index contributed by atoms with van der Waals surface area (Å²) in [7, 11) is 0. The average Bonchev–Trinajstić information content (AvgIpc) is 3.37. The zero-order chi connectivity index (χ0) is 25.1. The molecule has 0 aliphatic carbocycles. The molecular formula is C25H19N7O4. The van der Waals surface area contributed by atoms with Crippen molar-refractivity contribution in [2.24, 2.45) is 0 Å². The molecule has 11 nitrogen and oxygen atoms in total. The molecule has 178 valence electrons. The van der Waals surface area contributed by atoms with E-state index >= 15 is 0 Å². The third-order valence-corrected chi connectivity index (χ3v) is 5.34. The molecule has 3 N–H and O–H groups in total. The van der Waals surface area contributed by atoms with E-state index in [2.05, 4.69) is 26.0 Å². The van der Waals surface area contributed by atoms with Crippen molar-refractivity contribution in [2.75, 3.05) is 0 Å². The lowest BCUT2D eigenvalue weighted by Gasteiger charge is -2.08. The summed E-state index contributed by atoms with van der Waals surface area (Å²) in [5, 5.41) is 7.09. The highest BCUT2D eigenvalue weighted by Gasteiger charge is 2.19. The van der Waals surface area contributed by atoms with Crippen LogP contribution in [0.15, 0.2) is 94.5 Å². The molecule has 11 heteroatoms. The Labute approximate surface area is 203 Å². The van der Waals surface area contributed by atoms with Crippen LogP contribution in [0.3, 0.4) is 0 Å². The number of hydrogen-bond donors (Lipinski definition) is 3. The average molecular weight is 481 g/mol. The Morgan fingerprint density at radius 3 is 2.17 bits per heavy atom. The third-order valence-electron chi connectivity index (χ3n) is 5.34. The molecule has 2 aromatic heterocycles. The second-order valence-electron chi connectivity index (χ2n) is 7.75. The Hall–Kier alpha value is -5.32. The van der Waals surface area contributed by atoms with Crippen LogP contribution in [-0.4, -0.2) is 36.4 Å². The van der Waals surface area contributed by atoms with Crippen LogP contribution in [0.2, 0.25) is 0 Å². The number of hydrogen-bond acceptors (Lipinski definition) is 6. The minimum atomic E-state index is -0.755. The number of carbonyl (C=O) groups is 2. The van der Waals surface area contributed by atoms with Gasteiger partial charge in [-0.15, -0.1) is 5.10 Å². The van der Waals surface area contributed by atoms with E-state index in [1.165, 1.54) is 16.8 Å². The lowest BCUT2D eigenvalue weighted by atomic mass is 10.2. The molecule has 3 aromatic carbocycles. The first-order valence-electron chi connectivity index (χ1n) is 10.9. The lowest BCUT2D eigenvalue weighted by Crippen LogP contribution is -2.45. The van der Waals surface area contributed by atoms with Crippen molar-refractivity contribution < 1.29 is 9.59 Å². The number of amides is 2. The number of benzene rings is 3. The molecular weight excluding hydrogens is 462 g/mol. The van der Waals surface area contributed by atoms with Gasteiger partial charge in [-0.3, -0.25) is 35.1 Å². The van der Waals surface area contributed by atoms with Gasteiger partial charge in [-0.25, -0.2) is 14.3 Å². The number of hydrazine groups is 1. The fourth-order valence-electron chi connectivity index (χ4n) is 3.66. The van der Waals surface area contributed by atoms with Crippen LogP contribution in [0.5, 0.6) is 0 Å². The van der Waals surface area contributed by atoms with Gasteiger partial charge in [0.1, 0.15) is 6.54 Å². The van der Waals surface area contributed by atoms with Crippen LogP contribution >= 0.6 is 0 Å². The van der Waals surface area contributed by atoms with Crippen LogP contribution in [0.1, 0.15) is 10.6 Å². The Bertz CT molecular complexity index is 1630. The Kier molecular flexibility index (Phi) is 5.93. The first kappa shape index (κ1) is 22.5. The summed E-state index contributed by atoms with van der Waals surface area (Å²) < 4.78 is 2.41. The van der Waals surface area contributed by atoms with Crippen LogP contribution in [0.4, 0.5) is 0 Å². The van der Waals surface area contributed by atoms with Crippen molar-refractivity contribution in [3.63, 3.8) is 0 Å². The van der Waals surface area contributed by atoms with Crippen molar-refractivity contribution >= 4 is 22.6 Å². The molecule has 0 spiro atoms. The zero-order valence-electron chi connectivity index (χ0n) is 18.7. The van der Waals surface area contributed by atoms with Gasteiger partial charge >= 0.3 is 5.91 Å². The molecule has 5 rings (SSSR count). The van der Waals surface area contributed by atoms with Gasteiger partial charge in [-0.2, -0.15) is 0 Å². The molecule has 0 bridgehead atoms. The zero-order valence-corrected chi connectivity index (χ0v) is 18.7. The summed E-state index contributed by atoms with van der Waals surface area (Å²) in [6.45, 7) is -0.514. The fourth-order valence-corrected chi connectivity index (χ4v) is 3.66. The summed E-state index contributed by atoms with van der Waals surface area (Å²) in [4.78, 5) is 54.3. The predicted molar refractivity (Wildman–Crippen MR) is 131 cm³/mol. The largest absolute Gasteiger partial charge is 0.309 e. The molecule has 0 aliphatic rings. The van der Waals surface area contributed by atoms with E-state index in [0.29, 0.717) is 11.5 Å². The summed E-state index contributed by atoms with van der Waals surface area (Å²) in [6.07, 6.45) is 0. The maximum Gasteiger partial charge on any atom is 0.309 e. The quantitative estimate of drug-likeness (QED) is 0.324. The highest BCUT2D eigenvalue weighted by molar-refractivity contribution is 5.92. The van der Waals surface area contributed by atoms with E-state index in [-0.39, 0.29) is 16.6 Å². The number of H-pyrrole nitrogens is 1. The van der Waals surface area contributed by atoms with Gasteiger partial charge in [0.2, 0.25) is 5.82 Å². The van der Waals surface area contributed by atoms with E-state index in [9.17, 15) is 19.2 Å². The molecule has 0 radical (unpaired) electrons. The number of nitrogens with one attached hydrogen (secondary N) is 3. The monoisotopic (exact) mass is 481 g/mol. The fraction of sp³-hybridized carbons (Fsp3) is 0.0400. The van der Waals surface area contributed by atoms with Gasteiger partial charge < -0.3 is 0 Å². The number of aromatic amines is 1. The summed E-state index contributed by atoms with van der Waals surface area (Å²) >= 11 is 0. The molecule has 0 atom stereocenters. The molecule has 0 fully saturated rings. The minimum Gasteiger partial charge on any atom is -0.271 e. The Balaban J connectivity index is 1.34. The summed E-state index contributed by atoms with van der Waals surface area (Å²) in [6, 6.07) is 24.7. The molecule has 0 saturated heterocycles. The topological polar surface area (TPSA) is 144 Å². The van der Waals surface area contributed by atoms with Gasteiger partial charge in [-0.05, 0) is 24.3 Å². The Morgan fingerprint density at radius 1 is 0.806 bits per heavy atom. The van der Waals surface area contributed by atoms with Crippen molar-refractivity contribution in [2.45, 2.75) is 6.54 Å². The van der Waals surface area contributed by atoms with Gasteiger partial charge in [0.15, 0.2) is 5.82 Å². The van der Waals surface area contributed by atoms with Gasteiger partial charge in [0, 0.05) is 5.56 Å². The van der Waals surface area contributed by atoms with Gasteiger partial charge in [0.25, 0.3) is 17.0 Å². The molecule has 36 heavy (non-hydrogen) atoms. The molecule has 0 aliphatic heterocycles. The highest BCUT2D eigenvalue weighted by atomic mass is 16.2. The predicted octanol–water partition coefficient (Wildman–Crippen LogP) is 1.40. The molecule has 0 unspecified atom stereocenters. The van der Waals surface area contributed by atoms with E-state index in [1.807, 2.05) is 60.7 Å². The number of para-hydroxylation sites is 1. The van der Waals surface area contributed by atoms with Crippen molar-refractivity contribution in [3.05, 3.63) is 111 Å². The van der Waals surface area contributed by atoms with Crippen LogP contribution in [0.25, 0.3) is 27.8 Å². The first-order chi connectivity index (χ1) is 17.5. The smallest absolute Gasteiger partial charge is 0.271 e. The van der Waals surface area contributed by atoms with E-state index < -0.39 is 29.5 Å². The Morgan fingerprint density at radius 2 is 1.44 bits per heavy atom. The van der Waals surface area contributed by atoms with Crippen molar-refractivity contribution in [1.29, 1.82) is 0 Å². The molecule has 5 aromatic rings. The van der Waals surface area contributed by atoms with Gasteiger partial charge in [0.05, 0.1) is 16.5 Å². The second kappa shape index (κ2) is 9.50. The maximum absolute atomic E-state index is 12.7. The van der Waals surface area contributed by atoms with Crippen molar-refractivity contribution in [3.8, 4) is 17.1 Å². The highest BCUT2D eigenvalue weighted by Crippen LogP contribution is 2.20. The number of nitrogens with zero attached hydrogens (tertiary/aromatic N) is 4. The molecule has 2 heterocycles. The summed E-state index contributed by atoms with van der Waals surface area (Å²) in [5.74, 6) is -1.22. The minimum absolute atomic E-state index is 0.172. The van der Waals surface area contributed by atoms with Crippen molar-refractivity contribution in [1.82, 2.24) is 35.4 Å². The molecule has 2 amide bonds. The van der Waals surface area contributed by atoms with Gasteiger partial charge in [-0.1, -0.05) is 60.7 Å². The number of fused-ring (bicyclic) bond motifs is 1. The maximum atomic E-state index is 12.7. The number of carbonyl (C=O) groups excluding carboxylic acids is 2. The van der Waals surface area contributed by atoms with Crippen LogP contribution < -0.4 is 22.0 Å². The lowest BCUT2D eigenvalue weighted by molar-refractivity contribution is -0.122. The standard InChI is InChI=1S/C25H19N7O4/c33-20(15-31-25(36)19-14-8-7-13-18(19)23(34)30-31)27-28-24(35)21-26-22(16-9-3-1-4-10-16)32(29-21)17-11-5-2-6-12-17/h1-14H,15H2,(H,27,33)(H,28,35)(H,30,34). The number of rotatable bonds is 5. The second-order valence-corrected chi connectivity index (χ2v) is 7.75. The first-order valence-corrected chi connectivity index (χ1v) is 10.9. The van der Waals surface area contributed by atoms with Crippen LogP contribution in [0, 0.1) is 0 Å². The van der Waals surface area contributed by atoms with Crippen LogP contribution in [-0.2, 0) is 11.3 Å². The van der Waals surface area contributed by atoms with E-state index in [4.69, 9.17) is 0 Å². The van der Waals surface area contributed by atoms with E-state index in [0.717, 1.165) is 10.2 Å². The molecule has 0 saturated carbocycles. The van der Waals surface area contributed by atoms with E-state index in [1.54, 1.807) is 12.1 Å². The number of aromatic nitrogens is 5. The SMILES string of the molecule is O=C(Cn1[nH]c(=O)c2ccccc2c1=O)NNC(=O)c1nc(-c2ccccc2)n(-c2ccccc2)n1.